The van der Waals surface area contributed by atoms with Gasteiger partial charge in [0.25, 0.3) is 0 Å². The fourth-order valence-corrected chi connectivity index (χ4v) is 4.10. The summed E-state index contributed by atoms with van der Waals surface area (Å²) >= 11 is 0. The molecule has 0 unspecified atom stereocenters. The summed E-state index contributed by atoms with van der Waals surface area (Å²) in [6.07, 6.45) is 3.56. The second-order valence-corrected chi connectivity index (χ2v) is 8.30. The average Bonchev–Trinajstić information content (AvgIpc) is 2.89. The Hall–Kier alpha value is -4.10. The highest BCUT2D eigenvalue weighted by molar-refractivity contribution is 5.58. The lowest BCUT2D eigenvalue weighted by atomic mass is 10.0. The zero-order chi connectivity index (χ0) is 25.7. The first kappa shape index (κ1) is 25.0. The molecule has 0 aromatic heterocycles. The van der Waals surface area contributed by atoms with Crippen LogP contribution in [0.3, 0.4) is 0 Å². The van der Waals surface area contributed by atoms with Crippen molar-refractivity contribution in [2.24, 2.45) is 0 Å². The Morgan fingerprint density at radius 3 is 2.08 bits per heavy atom. The predicted octanol–water partition coefficient (Wildman–Crippen LogP) is 5.53. The molecule has 0 spiro atoms. The molecule has 2 N–H and O–H groups in total. The van der Waals surface area contributed by atoms with Crippen molar-refractivity contribution in [2.75, 3.05) is 20.8 Å². The first-order chi connectivity index (χ1) is 17.5. The van der Waals surface area contributed by atoms with Gasteiger partial charge in [0.1, 0.15) is 5.75 Å². The van der Waals surface area contributed by atoms with Gasteiger partial charge in [0.05, 0.1) is 20.8 Å². The van der Waals surface area contributed by atoms with Gasteiger partial charge in [0.15, 0.2) is 35.2 Å². The lowest BCUT2D eigenvalue weighted by Gasteiger charge is -2.34. The Morgan fingerprint density at radius 2 is 1.50 bits per heavy atom. The summed E-state index contributed by atoms with van der Waals surface area (Å²) in [6, 6.07) is 14.7. The van der Waals surface area contributed by atoms with Gasteiger partial charge in [-0.1, -0.05) is 24.3 Å². The molecule has 2 atom stereocenters. The molecule has 4 rings (SSSR count). The van der Waals surface area contributed by atoms with Crippen LogP contribution in [0.4, 0.5) is 0 Å². The van der Waals surface area contributed by atoms with Crippen molar-refractivity contribution in [2.45, 2.75) is 25.0 Å². The molecule has 0 saturated heterocycles. The Kier molecular flexibility index (Phi) is 7.71. The summed E-state index contributed by atoms with van der Waals surface area (Å²) in [7, 11) is 2.89. The van der Waals surface area contributed by atoms with Crippen LogP contribution in [-0.2, 0) is 12.8 Å². The highest BCUT2D eigenvalue weighted by Crippen LogP contribution is 2.49. The molecule has 0 amide bonds. The molecule has 0 fully saturated rings. The number of aromatic hydroxyl groups is 1. The number of phenolic OH excluding ortho intramolecular Hbond substituents is 1. The van der Waals surface area contributed by atoms with Gasteiger partial charge in [-0.2, -0.15) is 0 Å². The van der Waals surface area contributed by atoms with Gasteiger partial charge in [0.2, 0.25) is 11.5 Å². The van der Waals surface area contributed by atoms with Crippen molar-refractivity contribution in [3.8, 4) is 40.2 Å². The predicted molar refractivity (Wildman–Crippen MR) is 137 cm³/mol. The molecule has 0 aliphatic carbocycles. The molecule has 0 bridgehead atoms. The van der Waals surface area contributed by atoms with E-state index in [9.17, 15) is 10.2 Å². The standard InChI is InChI=1S/C29H30O7/c1-5-7-18-9-11-21(12-10-18)34-24-13-19(8-6-2)14-25-29(24)36-28(26(17-30)35-25)20-15-22(32-3)27(31)23(16-20)33-4/h5-6,9-16,26,28,30-31H,1-2,7-8,17H2,3-4H3/t26-,28-/m0/s1. The molecule has 3 aromatic rings. The zero-order valence-electron chi connectivity index (χ0n) is 20.4. The van der Waals surface area contributed by atoms with Crippen LogP contribution in [-0.4, -0.2) is 37.1 Å². The summed E-state index contributed by atoms with van der Waals surface area (Å²) in [4.78, 5) is 0. The number of fused-ring (bicyclic) bond motifs is 1. The van der Waals surface area contributed by atoms with Gasteiger partial charge in [-0.05, 0) is 60.4 Å². The third-order valence-corrected chi connectivity index (χ3v) is 5.86. The molecule has 3 aromatic carbocycles. The Morgan fingerprint density at radius 1 is 0.861 bits per heavy atom. The third kappa shape index (κ3) is 5.11. The number of phenols is 1. The first-order valence-electron chi connectivity index (χ1n) is 11.6. The van der Waals surface area contributed by atoms with Gasteiger partial charge in [-0.3, -0.25) is 0 Å². The first-order valence-corrected chi connectivity index (χ1v) is 11.6. The summed E-state index contributed by atoms with van der Waals surface area (Å²) in [5.41, 5.74) is 2.65. The van der Waals surface area contributed by atoms with E-state index in [1.807, 2.05) is 42.5 Å². The van der Waals surface area contributed by atoms with E-state index < -0.39 is 12.2 Å². The molecule has 7 nitrogen and oxygen atoms in total. The summed E-state index contributed by atoms with van der Waals surface area (Å²) in [6.45, 7) is 7.30. The van der Waals surface area contributed by atoms with Gasteiger partial charge in [-0.15, -0.1) is 13.2 Å². The molecule has 0 radical (unpaired) electrons. The number of hydrogen-bond donors (Lipinski definition) is 2. The number of ether oxygens (including phenoxy) is 5. The number of allylic oxidation sites excluding steroid dienone is 2. The van der Waals surface area contributed by atoms with Crippen LogP contribution in [0.25, 0.3) is 0 Å². The second-order valence-electron chi connectivity index (χ2n) is 8.30. The van der Waals surface area contributed by atoms with Gasteiger partial charge < -0.3 is 33.9 Å². The summed E-state index contributed by atoms with van der Waals surface area (Å²) in [5.74, 6) is 2.28. The van der Waals surface area contributed by atoms with Gasteiger partial charge in [0, 0.05) is 5.56 Å². The summed E-state index contributed by atoms with van der Waals surface area (Å²) in [5, 5.41) is 20.5. The molecular formula is C29H30O7. The Balaban J connectivity index is 1.75. The van der Waals surface area contributed by atoms with Crippen LogP contribution in [0, 0.1) is 0 Å². The van der Waals surface area contributed by atoms with E-state index in [1.54, 1.807) is 18.2 Å². The number of rotatable bonds is 10. The van der Waals surface area contributed by atoms with Crippen molar-refractivity contribution in [1.29, 1.82) is 0 Å². The Labute approximate surface area is 210 Å². The van der Waals surface area contributed by atoms with E-state index >= 15 is 0 Å². The molecule has 36 heavy (non-hydrogen) atoms. The van der Waals surface area contributed by atoms with Crippen molar-refractivity contribution in [1.82, 2.24) is 0 Å². The van der Waals surface area contributed by atoms with Gasteiger partial charge in [-0.25, -0.2) is 0 Å². The van der Waals surface area contributed by atoms with E-state index in [2.05, 4.69) is 13.2 Å². The lowest BCUT2D eigenvalue weighted by Crippen LogP contribution is -2.36. The summed E-state index contributed by atoms with van der Waals surface area (Å²) < 4.78 is 29.5. The maximum absolute atomic E-state index is 10.3. The minimum absolute atomic E-state index is 0.126. The minimum Gasteiger partial charge on any atom is -0.502 e. The maximum atomic E-state index is 10.3. The largest absolute Gasteiger partial charge is 0.502 e. The van der Waals surface area contributed by atoms with E-state index in [-0.39, 0.29) is 23.9 Å². The van der Waals surface area contributed by atoms with Crippen LogP contribution in [0.15, 0.2) is 73.8 Å². The molecular weight excluding hydrogens is 460 g/mol. The smallest absolute Gasteiger partial charge is 0.205 e. The van der Waals surface area contributed by atoms with Crippen LogP contribution in [0.2, 0.25) is 0 Å². The number of methoxy groups -OCH3 is 2. The van der Waals surface area contributed by atoms with E-state index in [0.717, 1.165) is 17.5 Å². The van der Waals surface area contributed by atoms with E-state index in [4.69, 9.17) is 23.7 Å². The van der Waals surface area contributed by atoms with Crippen LogP contribution in [0.5, 0.6) is 40.2 Å². The topological polar surface area (TPSA) is 86.6 Å². The highest BCUT2D eigenvalue weighted by Gasteiger charge is 2.36. The van der Waals surface area contributed by atoms with Crippen LogP contribution < -0.4 is 23.7 Å². The maximum Gasteiger partial charge on any atom is 0.205 e. The number of aliphatic hydroxyl groups excluding tert-OH is 1. The van der Waals surface area contributed by atoms with Crippen LogP contribution >= 0.6 is 0 Å². The Bertz CT molecular complexity index is 1210. The van der Waals surface area contributed by atoms with E-state index in [0.29, 0.717) is 35.0 Å². The molecule has 1 heterocycles. The van der Waals surface area contributed by atoms with Crippen molar-refractivity contribution < 1.29 is 33.9 Å². The van der Waals surface area contributed by atoms with Gasteiger partial charge >= 0.3 is 0 Å². The lowest BCUT2D eigenvalue weighted by molar-refractivity contribution is -0.0139. The SMILES string of the molecule is C=CCc1ccc(Oc2cc(CC=C)cc3c2O[C@@H](c2cc(OC)c(O)c(OC)c2)[C@H](CO)O3)cc1. The number of benzene rings is 3. The quantitative estimate of drug-likeness (QED) is 0.361. The molecule has 188 valence electrons. The van der Waals surface area contributed by atoms with E-state index in [1.165, 1.54) is 14.2 Å². The number of hydrogen-bond acceptors (Lipinski definition) is 7. The molecule has 1 aliphatic heterocycles. The highest BCUT2D eigenvalue weighted by atomic mass is 16.6. The average molecular weight is 491 g/mol. The minimum atomic E-state index is -0.728. The fourth-order valence-electron chi connectivity index (χ4n) is 4.10. The third-order valence-electron chi connectivity index (χ3n) is 5.86. The second kappa shape index (κ2) is 11.1. The zero-order valence-corrected chi connectivity index (χ0v) is 20.4. The molecule has 0 saturated carbocycles. The fraction of sp³-hybridized carbons (Fsp3) is 0.241. The van der Waals surface area contributed by atoms with Crippen molar-refractivity contribution >= 4 is 0 Å². The molecule has 1 aliphatic rings. The monoisotopic (exact) mass is 490 g/mol. The van der Waals surface area contributed by atoms with Crippen LogP contribution in [0.1, 0.15) is 22.8 Å². The normalized spacial score (nSPS) is 16.2. The van der Waals surface area contributed by atoms with Crippen molar-refractivity contribution in [3.63, 3.8) is 0 Å². The molecule has 7 heteroatoms. The van der Waals surface area contributed by atoms with Crippen molar-refractivity contribution in [3.05, 3.63) is 90.5 Å². The number of aliphatic hydroxyl groups is 1.